The number of hydrogen-bond donors (Lipinski definition) is 1. The Bertz CT molecular complexity index is 1080. The summed E-state index contributed by atoms with van der Waals surface area (Å²) in [5, 5.41) is 8.50. The van der Waals surface area contributed by atoms with Crippen molar-refractivity contribution >= 4 is 17.7 Å². The second kappa shape index (κ2) is 8.26. The lowest BCUT2D eigenvalue weighted by molar-refractivity contribution is -0.122. The molecule has 0 aromatic heterocycles. The van der Waals surface area contributed by atoms with Gasteiger partial charge in [-0.25, -0.2) is 4.98 Å². The molecule has 1 unspecified atom stereocenters. The maximum atomic E-state index is 13.3. The fraction of sp³-hybridized carbons (Fsp3) is 0.455. The van der Waals surface area contributed by atoms with E-state index in [-0.39, 0.29) is 11.5 Å². The molecule has 4 aliphatic heterocycles. The smallest absolute Gasteiger partial charge is 0.284 e. The van der Waals surface area contributed by atoms with Crippen molar-refractivity contribution in [1.82, 2.24) is 24.6 Å². The first kappa shape index (κ1) is 19.4. The van der Waals surface area contributed by atoms with Crippen LogP contribution in [0.1, 0.15) is 37.8 Å². The van der Waals surface area contributed by atoms with Gasteiger partial charge in [0.2, 0.25) is 5.91 Å². The van der Waals surface area contributed by atoms with Gasteiger partial charge in [0.1, 0.15) is 5.56 Å². The molecule has 0 aliphatic carbocycles. The maximum absolute atomic E-state index is 13.3. The van der Waals surface area contributed by atoms with Crippen LogP contribution in [0.4, 0.5) is 0 Å². The van der Waals surface area contributed by atoms with Gasteiger partial charge < -0.3 is 9.88 Å². The first-order chi connectivity index (χ1) is 14.7. The summed E-state index contributed by atoms with van der Waals surface area (Å²) in [6.45, 7) is 1.62. The van der Waals surface area contributed by atoms with Crippen LogP contribution in [0.3, 0.4) is 0 Å². The first-order valence-corrected chi connectivity index (χ1v) is 11.7. The van der Waals surface area contributed by atoms with E-state index in [2.05, 4.69) is 15.0 Å². The van der Waals surface area contributed by atoms with Crippen molar-refractivity contribution < 1.29 is 4.79 Å². The molecular formula is C22H25N5O2S. The van der Waals surface area contributed by atoms with Crippen LogP contribution in [0.15, 0.2) is 40.3 Å². The molecule has 1 amide bonds. The highest BCUT2D eigenvalue weighted by Gasteiger charge is 2.27. The summed E-state index contributed by atoms with van der Waals surface area (Å²) in [6.07, 6.45) is 5.72. The Morgan fingerprint density at radius 2 is 1.97 bits per heavy atom. The fourth-order valence-electron chi connectivity index (χ4n) is 4.33. The van der Waals surface area contributed by atoms with Gasteiger partial charge in [-0.05, 0) is 43.7 Å². The number of para-hydroxylation sites is 1. The monoisotopic (exact) mass is 423 g/mol. The summed E-state index contributed by atoms with van der Waals surface area (Å²) in [5.74, 6) is 2.04. The number of aromatic nitrogens is 4. The van der Waals surface area contributed by atoms with Crippen LogP contribution < -0.4 is 10.9 Å². The highest BCUT2D eigenvalue weighted by Crippen LogP contribution is 2.31. The minimum Gasteiger partial charge on any atom is -0.356 e. The van der Waals surface area contributed by atoms with Crippen LogP contribution in [0.5, 0.6) is 0 Å². The Kier molecular flexibility index (Phi) is 5.33. The Morgan fingerprint density at radius 1 is 1.10 bits per heavy atom. The van der Waals surface area contributed by atoms with Crippen molar-refractivity contribution in [3.05, 3.63) is 46.4 Å². The number of hydrogen-bond acceptors (Lipinski definition) is 5. The molecule has 4 aliphatic rings. The third kappa shape index (κ3) is 3.64. The minimum absolute atomic E-state index is 0.0825. The molecule has 1 N–H and O–H groups in total. The average molecular weight is 424 g/mol. The molecule has 1 saturated heterocycles. The zero-order valence-corrected chi connectivity index (χ0v) is 17.7. The molecule has 5 rings (SSSR count). The third-order valence-corrected chi connectivity index (χ3v) is 7.19. The maximum Gasteiger partial charge on any atom is 0.284 e. The summed E-state index contributed by atoms with van der Waals surface area (Å²) in [6, 6.07) is 9.54. The molecule has 4 heterocycles. The van der Waals surface area contributed by atoms with Gasteiger partial charge in [-0.3, -0.25) is 9.59 Å². The number of rotatable bonds is 4. The van der Waals surface area contributed by atoms with Crippen LogP contribution in [0.25, 0.3) is 17.1 Å². The summed E-state index contributed by atoms with van der Waals surface area (Å²) < 4.78 is 3.73. The Morgan fingerprint density at radius 3 is 2.77 bits per heavy atom. The van der Waals surface area contributed by atoms with E-state index in [0.29, 0.717) is 23.7 Å². The third-order valence-electron chi connectivity index (χ3n) is 5.98. The van der Waals surface area contributed by atoms with Gasteiger partial charge in [-0.1, -0.05) is 36.4 Å². The summed E-state index contributed by atoms with van der Waals surface area (Å²) in [5.41, 5.74) is 2.42. The van der Waals surface area contributed by atoms with Crippen molar-refractivity contribution in [2.45, 2.75) is 50.2 Å². The van der Waals surface area contributed by atoms with Gasteiger partial charge in [0.25, 0.3) is 5.56 Å². The number of carbonyl (C=O) groups excluding carboxylic acids is 1. The van der Waals surface area contributed by atoms with E-state index in [0.717, 1.165) is 67.5 Å². The number of carbonyl (C=O) groups is 1. The van der Waals surface area contributed by atoms with Gasteiger partial charge in [-0.15, -0.1) is 5.10 Å². The summed E-state index contributed by atoms with van der Waals surface area (Å²) in [7, 11) is 0. The molecule has 1 aromatic carbocycles. The Labute approximate surface area is 179 Å². The minimum atomic E-state index is -0.0825. The molecule has 1 atom stereocenters. The van der Waals surface area contributed by atoms with Crippen molar-refractivity contribution in [3.8, 4) is 17.1 Å². The van der Waals surface area contributed by atoms with Gasteiger partial charge >= 0.3 is 0 Å². The highest BCUT2D eigenvalue weighted by atomic mass is 32.2. The second-order valence-electron chi connectivity index (χ2n) is 8.07. The van der Waals surface area contributed by atoms with E-state index in [9.17, 15) is 9.59 Å². The standard InChI is InChI=1S/C22H25N5O2S/c28-18-11-10-15(13-23-18)14-30-22-24-20-19(17-9-5-2-6-12-26(17)22)21(29)27(25-20)16-7-3-1-4-8-16/h1,3-4,7-8,15H,2,5-6,9-14H2,(H,23,28). The number of amides is 1. The van der Waals surface area contributed by atoms with Crippen LogP contribution in [-0.2, 0) is 17.8 Å². The molecule has 0 saturated carbocycles. The summed E-state index contributed by atoms with van der Waals surface area (Å²) in [4.78, 5) is 29.5. The molecule has 156 valence electrons. The molecule has 7 nitrogen and oxygen atoms in total. The van der Waals surface area contributed by atoms with E-state index in [4.69, 9.17) is 4.98 Å². The number of thioether (sulfide) groups is 1. The lowest BCUT2D eigenvalue weighted by Gasteiger charge is -2.23. The van der Waals surface area contributed by atoms with E-state index < -0.39 is 0 Å². The number of fused-ring (bicyclic) bond motifs is 3. The van der Waals surface area contributed by atoms with Crippen molar-refractivity contribution in [2.75, 3.05) is 12.3 Å². The Hall–Kier alpha value is -2.61. The lowest BCUT2D eigenvalue weighted by Crippen LogP contribution is -2.35. The van der Waals surface area contributed by atoms with Crippen molar-refractivity contribution in [1.29, 1.82) is 0 Å². The largest absolute Gasteiger partial charge is 0.356 e. The van der Waals surface area contributed by atoms with Crippen LogP contribution in [0, 0.1) is 5.92 Å². The molecule has 0 radical (unpaired) electrons. The molecular weight excluding hydrogens is 398 g/mol. The SMILES string of the molecule is O=C1CCC(CSc2nc3nn(-c4ccccc4)c(=O)c-3c3n2CCCCC3)CN1. The number of piperidine rings is 1. The predicted molar refractivity (Wildman–Crippen MR) is 116 cm³/mol. The number of nitrogens with zero attached hydrogens (tertiary/aromatic N) is 4. The molecule has 0 bridgehead atoms. The summed E-state index contributed by atoms with van der Waals surface area (Å²) >= 11 is 1.73. The molecule has 30 heavy (non-hydrogen) atoms. The van der Waals surface area contributed by atoms with Gasteiger partial charge in [0.05, 0.1) is 5.69 Å². The Balaban J connectivity index is 1.54. The van der Waals surface area contributed by atoms with Crippen LogP contribution in [-0.4, -0.2) is 37.5 Å². The van der Waals surface area contributed by atoms with Crippen LogP contribution in [0.2, 0.25) is 0 Å². The number of benzene rings is 1. The lowest BCUT2D eigenvalue weighted by atomic mass is 10.0. The normalized spacial score (nSPS) is 19.3. The van der Waals surface area contributed by atoms with Crippen LogP contribution >= 0.6 is 11.8 Å². The predicted octanol–water partition coefficient (Wildman–Crippen LogP) is 2.88. The van der Waals surface area contributed by atoms with E-state index in [1.54, 1.807) is 11.8 Å². The molecule has 1 aromatic rings. The average Bonchev–Trinajstić information content (AvgIpc) is 2.94. The van der Waals surface area contributed by atoms with E-state index in [1.165, 1.54) is 4.68 Å². The molecule has 8 heteroatoms. The van der Waals surface area contributed by atoms with Gasteiger partial charge in [-0.2, -0.15) is 4.68 Å². The molecule has 0 spiro atoms. The number of nitrogens with one attached hydrogen (secondary N) is 1. The van der Waals surface area contributed by atoms with E-state index in [1.807, 2.05) is 30.3 Å². The topological polar surface area (TPSA) is 81.8 Å². The van der Waals surface area contributed by atoms with Crippen molar-refractivity contribution in [2.24, 2.45) is 5.92 Å². The van der Waals surface area contributed by atoms with E-state index >= 15 is 0 Å². The van der Waals surface area contributed by atoms with Crippen molar-refractivity contribution in [3.63, 3.8) is 0 Å². The zero-order valence-electron chi connectivity index (χ0n) is 16.8. The quantitative estimate of drug-likeness (QED) is 0.515. The first-order valence-electron chi connectivity index (χ1n) is 10.7. The highest BCUT2D eigenvalue weighted by molar-refractivity contribution is 7.99. The second-order valence-corrected chi connectivity index (χ2v) is 9.06. The molecule has 1 fully saturated rings. The zero-order chi connectivity index (χ0) is 20.5. The fourth-order valence-corrected chi connectivity index (χ4v) is 5.50. The van der Waals surface area contributed by atoms with Gasteiger partial charge in [0.15, 0.2) is 11.0 Å². The van der Waals surface area contributed by atoms with Gasteiger partial charge in [0, 0.05) is 31.0 Å².